The van der Waals surface area contributed by atoms with Crippen LogP contribution >= 0.6 is 11.3 Å². The predicted octanol–water partition coefficient (Wildman–Crippen LogP) is 4.01. The molecule has 0 unspecified atom stereocenters. The molecular weight excluding hydrogens is 606 g/mol. The van der Waals surface area contributed by atoms with Gasteiger partial charge in [0.15, 0.2) is 4.80 Å². The molecule has 2 aliphatic rings. The zero-order valence-electron chi connectivity index (χ0n) is 26.2. The highest BCUT2D eigenvalue weighted by atomic mass is 32.1. The van der Waals surface area contributed by atoms with Gasteiger partial charge in [0, 0.05) is 37.8 Å². The van der Waals surface area contributed by atoms with E-state index in [4.69, 9.17) is 14.5 Å². The predicted molar refractivity (Wildman–Crippen MR) is 178 cm³/mol. The number of nitro benzene ring substituents is 1. The lowest BCUT2D eigenvalue weighted by Gasteiger charge is -2.30. The summed E-state index contributed by atoms with van der Waals surface area (Å²) in [6.07, 6.45) is 1.66. The normalized spacial score (nSPS) is 16.7. The van der Waals surface area contributed by atoms with Crippen molar-refractivity contribution < 1.29 is 19.2 Å². The van der Waals surface area contributed by atoms with E-state index in [2.05, 4.69) is 0 Å². The first kappa shape index (κ1) is 31.2. The molecule has 3 heterocycles. The summed E-state index contributed by atoms with van der Waals surface area (Å²) >= 11 is 1.19. The van der Waals surface area contributed by atoms with E-state index in [-0.39, 0.29) is 17.2 Å². The summed E-state index contributed by atoms with van der Waals surface area (Å²) < 4.78 is 13.2. The van der Waals surface area contributed by atoms with Crippen molar-refractivity contribution in [3.8, 4) is 5.75 Å². The van der Waals surface area contributed by atoms with Gasteiger partial charge >= 0.3 is 0 Å². The summed E-state index contributed by atoms with van der Waals surface area (Å²) in [6.45, 7) is 8.75. The zero-order valence-corrected chi connectivity index (χ0v) is 27.0. The summed E-state index contributed by atoms with van der Waals surface area (Å²) in [5.41, 5.74) is 2.28. The van der Waals surface area contributed by atoms with Crippen LogP contribution in [0.25, 0.3) is 16.8 Å². The number of hydrogen-bond donors (Lipinski definition) is 0. The Morgan fingerprint density at radius 3 is 2.59 bits per heavy atom. The quantitative estimate of drug-likeness (QED) is 0.211. The van der Waals surface area contributed by atoms with Crippen molar-refractivity contribution in [3.05, 3.63) is 107 Å². The van der Waals surface area contributed by atoms with Crippen LogP contribution in [0.1, 0.15) is 37.9 Å². The van der Waals surface area contributed by atoms with Crippen LogP contribution in [0.3, 0.4) is 0 Å². The number of likely N-dealkylation sites (N-methyl/N-ethyl adjacent to an activating group) is 1. The molecule has 1 saturated heterocycles. The highest BCUT2D eigenvalue weighted by molar-refractivity contribution is 7.07. The minimum atomic E-state index is -0.814. The number of morpholine rings is 1. The molecule has 3 aromatic carbocycles. The Labute approximate surface area is 269 Å². The zero-order chi connectivity index (χ0) is 32.5. The lowest BCUT2D eigenvalue weighted by atomic mass is 9.90. The van der Waals surface area contributed by atoms with Gasteiger partial charge in [-0.1, -0.05) is 47.7 Å². The Kier molecular flexibility index (Phi) is 8.74. The maximum Gasteiger partial charge on any atom is 0.293 e. The summed E-state index contributed by atoms with van der Waals surface area (Å²) in [7, 11) is 1.58. The van der Waals surface area contributed by atoms with Crippen molar-refractivity contribution in [2.45, 2.75) is 26.8 Å². The van der Waals surface area contributed by atoms with Gasteiger partial charge in [0.1, 0.15) is 17.5 Å². The summed E-state index contributed by atoms with van der Waals surface area (Å²) in [4.78, 5) is 49.1. The van der Waals surface area contributed by atoms with Gasteiger partial charge in [-0.15, -0.1) is 0 Å². The van der Waals surface area contributed by atoms with Gasteiger partial charge < -0.3 is 19.3 Å². The van der Waals surface area contributed by atoms with Crippen molar-refractivity contribution >= 4 is 45.5 Å². The molecule has 0 bridgehead atoms. The molecule has 1 aromatic heterocycles. The van der Waals surface area contributed by atoms with Gasteiger partial charge in [-0.2, -0.15) is 0 Å². The molecule has 0 saturated carbocycles. The summed E-state index contributed by atoms with van der Waals surface area (Å²) in [5, 5.41) is 13.9. The van der Waals surface area contributed by atoms with Gasteiger partial charge in [0.05, 0.1) is 41.0 Å². The number of carbonyl (C=O) groups is 1. The number of ether oxygens (including phenoxy) is 2. The fourth-order valence-electron chi connectivity index (χ4n) is 6.28. The van der Waals surface area contributed by atoms with E-state index in [0.29, 0.717) is 82.6 Å². The fraction of sp³-hybridized carbons (Fsp3) is 0.324. The Balaban J connectivity index is 1.57. The molecule has 1 fully saturated rings. The molecule has 12 heteroatoms. The average Bonchev–Trinajstić information content (AvgIpc) is 3.37. The van der Waals surface area contributed by atoms with Crippen LogP contribution < -0.4 is 24.5 Å². The van der Waals surface area contributed by atoms with Gasteiger partial charge in [-0.05, 0) is 55.3 Å². The first-order valence-electron chi connectivity index (χ1n) is 15.3. The molecule has 46 heavy (non-hydrogen) atoms. The van der Waals surface area contributed by atoms with Gasteiger partial charge in [-0.3, -0.25) is 24.3 Å². The van der Waals surface area contributed by atoms with Crippen LogP contribution in [0, 0.1) is 10.1 Å². The van der Waals surface area contributed by atoms with Crippen molar-refractivity contribution in [2.75, 3.05) is 51.4 Å². The Morgan fingerprint density at radius 2 is 1.89 bits per heavy atom. The minimum Gasteiger partial charge on any atom is -0.496 e. The number of hydrogen-bond acceptors (Lipinski definition) is 9. The number of fused-ring (bicyclic) bond motifs is 2. The number of nitro groups is 1. The second-order valence-corrected chi connectivity index (χ2v) is 12.1. The van der Waals surface area contributed by atoms with Crippen LogP contribution in [0.4, 0.5) is 11.4 Å². The number of amides is 1. The summed E-state index contributed by atoms with van der Waals surface area (Å²) in [6, 6.07) is 15.8. The molecule has 1 atom stereocenters. The molecule has 0 aliphatic carbocycles. The number of thiazole rings is 1. The first-order chi connectivity index (χ1) is 22.3. The second kappa shape index (κ2) is 12.9. The standard InChI is InChI=1S/C34H35N5O6S/c1-5-36(6-2)33(41)29-21(3)35-34-38(31(29)30-24-10-8-7-9-23(24)12-14-27(30)44-4)32(40)28(46-34)20-22-11-13-25(26(19-22)39(42)43)37-15-17-45-18-16-37/h7-14,19-20,31H,5-6,15-18H2,1-4H3/b28-20-/t31-/m1/s1. The monoisotopic (exact) mass is 641 g/mol. The Morgan fingerprint density at radius 1 is 1.15 bits per heavy atom. The smallest absolute Gasteiger partial charge is 0.293 e. The molecule has 238 valence electrons. The van der Waals surface area contributed by atoms with Crippen LogP contribution in [0.5, 0.6) is 5.75 Å². The van der Waals surface area contributed by atoms with Gasteiger partial charge in [0.2, 0.25) is 0 Å². The largest absolute Gasteiger partial charge is 0.496 e. The molecule has 0 spiro atoms. The van der Waals surface area contributed by atoms with Crippen molar-refractivity contribution in [2.24, 2.45) is 4.99 Å². The van der Waals surface area contributed by atoms with Crippen LogP contribution in [-0.2, 0) is 9.53 Å². The van der Waals surface area contributed by atoms with E-state index in [1.165, 1.54) is 17.4 Å². The molecule has 4 aromatic rings. The number of anilines is 1. The van der Waals surface area contributed by atoms with Gasteiger partial charge in [0.25, 0.3) is 17.2 Å². The number of benzene rings is 3. The van der Waals surface area contributed by atoms with E-state index < -0.39 is 11.0 Å². The van der Waals surface area contributed by atoms with Crippen molar-refractivity contribution in [3.63, 3.8) is 0 Å². The topological polar surface area (TPSA) is 120 Å². The highest BCUT2D eigenvalue weighted by Crippen LogP contribution is 2.40. The number of nitrogens with zero attached hydrogens (tertiary/aromatic N) is 5. The first-order valence-corrected chi connectivity index (χ1v) is 16.1. The van der Waals surface area contributed by atoms with Gasteiger partial charge in [-0.25, -0.2) is 4.99 Å². The Bertz CT molecular complexity index is 2060. The molecule has 0 radical (unpaired) electrons. The molecule has 6 rings (SSSR count). The van der Waals surface area contributed by atoms with E-state index in [0.717, 1.165) is 10.8 Å². The van der Waals surface area contributed by atoms with Crippen molar-refractivity contribution in [1.29, 1.82) is 0 Å². The number of aromatic nitrogens is 1. The van der Waals surface area contributed by atoms with Crippen LogP contribution in [0.15, 0.2) is 75.7 Å². The average molecular weight is 642 g/mol. The number of methoxy groups -OCH3 is 1. The number of carbonyl (C=O) groups excluding carboxylic acids is 1. The van der Waals surface area contributed by atoms with E-state index >= 15 is 0 Å². The SMILES string of the molecule is CCN(CC)C(=O)C1=C(C)N=c2s/c(=C\c3ccc(N4CCOCC4)c([N+](=O)[O-])c3)c(=O)n2[C@H]1c1c(OC)ccc2ccccc12. The third-order valence-electron chi connectivity index (χ3n) is 8.57. The van der Waals surface area contributed by atoms with E-state index in [1.54, 1.807) is 41.7 Å². The lowest BCUT2D eigenvalue weighted by molar-refractivity contribution is -0.384. The highest BCUT2D eigenvalue weighted by Gasteiger charge is 2.36. The molecular formula is C34H35N5O6S. The number of rotatable bonds is 8. The maximum absolute atomic E-state index is 14.4. The minimum absolute atomic E-state index is 0.0373. The van der Waals surface area contributed by atoms with E-state index in [1.807, 2.05) is 55.1 Å². The van der Waals surface area contributed by atoms with Crippen LogP contribution in [-0.4, -0.2) is 66.8 Å². The molecule has 11 nitrogen and oxygen atoms in total. The summed E-state index contributed by atoms with van der Waals surface area (Å²) in [5.74, 6) is 0.349. The Hall–Kier alpha value is -4.81. The number of allylic oxidation sites excluding steroid dienone is 1. The second-order valence-electron chi connectivity index (χ2n) is 11.1. The third kappa shape index (κ3) is 5.47. The lowest BCUT2D eigenvalue weighted by Crippen LogP contribution is -2.43. The van der Waals surface area contributed by atoms with Crippen molar-refractivity contribution in [1.82, 2.24) is 9.47 Å². The van der Waals surface area contributed by atoms with E-state index in [9.17, 15) is 19.7 Å². The molecule has 2 aliphatic heterocycles. The van der Waals surface area contributed by atoms with Crippen LogP contribution in [0.2, 0.25) is 0 Å². The maximum atomic E-state index is 14.4. The molecule has 0 N–H and O–H groups in total. The molecule has 1 amide bonds. The third-order valence-corrected chi connectivity index (χ3v) is 9.56. The fourth-order valence-corrected chi connectivity index (χ4v) is 7.33.